The van der Waals surface area contributed by atoms with E-state index in [9.17, 15) is 14.4 Å². The normalized spacial score (nSPS) is 11.1. The van der Waals surface area contributed by atoms with E-state index in [0.717, 1.165) is 47.1 Å². The summed E-state index contributed by atoms with van der Waals surface area (Å²) in [4.78, 5) is 41.7. The lowest BCUT2D eigenvalue weighted by molar-refractivity contribution is 0.650. The molecule has 0 bridgehead atoms. The zero-order chi connectivity index (χ0) is 24.0. The van der Waals surface area contributed by atoms with E-state index in [-0.39, 0.29) is 0 Å². The van der Waals surface area contributed by atoms with Crippen molar-refractivity contribution < 1.29 is 0 Å². The molecule has 0 fully saturated rings. The van der Waals surface area contributed by atoms with Crippen LogP contribution in [0.25, 0.3) is 17.1 Å². The van der Waals surface area contributed by atoms with Crippen LogP contribution in [0.5, 0.6) is 0 Å². The predicted molar refractivity (Wildman–Crippen MR) is 132 cm³/mol. The highest BCUT2D eigenvalue weighted by Crippen LogP contribution is 2.20. The largest absolute Gasteiger partial charge is 0.345 e. The van der Waals surface area contributed by atoms with E-state index in [2.05, 4.69) is 0 Å². The highest BCUT2D eigenvalue weighted by molar-refractivity contribution is 5.51. The SMILES string of the molecule is Cc1cccc(C)c1-n1c(=O)n(-c2c(C)cccc2C)c(=O)n(-c2c(C)cccc2C)c1=O. The Morgan fingerprint density at radius 3 is 0.758 bits per heavy atom. The Morgan fingerprint density at radius 1 is 0.394 bits per heavy atom. The molecule has 3 aromatic carbocycles. The Labute approximate surface area is 192 Å². The molecule has 33 heavy (non-hydrogen) atoms. The molecular weight excluding hydrogens is 414 g/mol. The van der Waals surface area contributed by atoms with Crippen LogP contribution in [0.3, 0.4) is 0 Å². The molecule has 0 amide bonds. The van der Waals surface area contributed by atoms with Crippen LogP contribution in [0.4, 0.5) is 0 Å². The van der Waals surface area contributed by atoms with E-state index in [4.69, 9.17) is 0 Å². The first-order valence-electron chi connectivity index (χ1n) is 10.9. The van der Waals surface area contributed by atoms with E-state index in [1.165, 1.54) is 0 Å². The van der Waals surface area contributed by atoms with Crippen molar-refractivity contribution in [2.45, 2.75) is 41.5 Å². The summed E-state index contributed by atoms with van der Waals surface area (Å²) >= 11 is 0. The molecule has 0 spiro atoms. The van der Waals surface area contributed by atoms with Crippen LogP contribution in [0.15, 0.2) is 69.0 Å². The number of benzene rings is 3. The average molecular weight is 442 g/mol. The second-order valence-electron chi connectivity index (χ2n) is 8.58. The van der Waals surface area contributed by atoms with Crippen LogP contribution in [-0.4, -0.2) is 13.7 Å². The molecule has 0 radical (unpaired) electrons. The average Bonchev–Trinajstić information content (AvgIpc) is 2.74. The van der Waals surface area contributed by atoms with Crippen molar-refractivity contribution in [3.63, 3.8) is 0 Å². The first-order valence-corrected chi connectivity index (χ1v) is 10.9. The van der Waals surface area contributed by atoms with Gasteiger partial charge in [0.2, 0.25) is 0 Å². The number of rotatable bonds is 3. The molecular formula is C27H27N3O3. The fraction of sp³-hybridized carbons (Fsp3) is 0.222. The first-order chi connectivity index (χ1) is 15.6. The van der Waals surface area contributed by atoms with Gasteiger partial charge in [-0.05, 0) is 74.9 Å². The highest BCUT2D eigenvalue weighted by atomic mass is 16.2. The van der Waals surface area contributed by atoms with Gasteiger partial charge >= 0.3 is 17.1 Å². The number of hydrogen-bond donors (Lipinski definition) is 0. The molecule has 4 rings (SSSR count). The van der Waals surface area contributed by atoms with Gasteiger partial charge in [-0.15, -0.1) is 0 Å². The second-order valence-corrected chi connectivity index (χ2v) is 8.58. The minimum Gasteiger partial charge on any atom is -0.246 e. The quantitative estimate of drug-likeness (QED) is 0.483. The second kappa shape index (κ2) is 8.20. The zero-order valence-corrected chi connectivity index (χ0v) is 19.8. The van der Waals surface area contributed by atoms with Gasteiger partial charge in [0.15, 0.2) is 0 Å². The minimum absolute atomic E-state index is 0.493. The third kappa shape index (κ3) is 3.48. The summed E-state index contributed by atoms with van der Waals surface area (Å²) in [5, 5.41) is 0. The molecule has 4 aromatic rings. The van der Waals surface area contributed by atoms with Crippen LogP contribution in [0.1, 0.15) is 33.4 Å². The summed E-state index contributed by atoms with van der Waals surface area (Å²) in [7, 11) is 0. The maximum Gasteiger partial charge on any atom is 0.345 e. The Morgan fingerprint density at radius 2 is 0.576 bits per heavy atom. The number of aromatic nitrogens is 3. The molecule has 6 nitrogen and oxygen atoms in total. The van der Waals surface area contributed by atoms with Crippen molar-refractivity contribution in [2.75, 3.05) is 0 Å². The molecule has 0 aliphatic heterocycles. The lowest BCUT2D eigenvalue weighted by atomic mass is 10.1. The maximum absolute atomic E-state index is 13.9. The topological polar surface area (TPSA) is 66.0 Å². The van der Waals surface area contributed by atoms with Gasteiger partial charge in [0.05, 0.1) is 17.1 Å². The molecule has 6 heteroatoms. The zero-order valence-electron chi connectivity index (χ0n) is 19.8. The van der Waals surface area contributed by atoms with Crippen LogP contribution < -0.4 is 17.1 Å². The van der Waals surface area contributed by atoms with Gasteiger partial charge in [0, 0.05) is 0 Å². The van der Waals surface area contributed by atoms with Gasteiger partial charge in [0.25, 0.3) is 0 Å². The molecule has 0 aliphatic carbocycles. The molecule has 0 saturated heterocycles. The smallest absolute Gasteiger partial charge is 0.246 e. The van der Waals surface area contributed by atoms with E-state index in [1.54, 1.807) is 0 Å². The molecule has 0 unspecified atom stereocenters. The minimum atomic E-state index is -0.678. The third-order valence-corrected chi connectivity index (χ3v) is 6.14. The number of hydrogen-bond acceptors (Lipinski definition) is 3. The van der Waals surface area contributed by atoms with Crippen molar-refractivity contribution in [3.05, 3.63) is 119 Å². The third-order valence-electron chi connectivity index (χ3n) is 6.14. The van der Waals surface area contributed by atoms with Crippen molar-refractivity contribution in [1.29, 1.82) is 0 Å². The van der Waals surface area contributed by atoms with Gasteiger partial charge in [-0.2, -0.15) is 0 Å². The molecule has 0 atom stereocenters. The van der Waals surface area contributed by atoms with Crippen molar-refractivity contribution >= 4 is 0 Å². The Balaban J connectivity index is 2.32. The van der Waals surface area contributed by atoms with Crippen LogP contribution >= 0.6 is 0 Å². The molecule has 168 valence electrons. The summed E-state index contributed by atoms with van der Waals surface area (Å²) in [6.07, 6.45) is 0. The summed E-state index contributed by atoms with van der Waals surface area (Å²) in [6.45, 7) is 11.1. The van der Waals surface area contributed by atoms with Gasteiger partial charge in [-0.3, -0.25) is 0 Å². The summed E-state index contributed by atoms with van der Waals surface area (Å²) in [6, 6.07) is 16.8. The first kappa shape index (κ1) is 22.3. The Bertz CT molecular complexity index is 1310. The number of nitrogens with zero attached hydrogens (tertiary/aromatic N) is 3. The number of para-hydroxylation sites is 3. The lowest BCUT2D eigenvalue weighted by Gasteiger charge is -2.20. The molecule has 1 heterocycles. The predicted octanol–water partition coefficient (Wildman–Crippen LogP) is 3.99. The molecule has 0 saturated carbocycles. The van der Waals surface area contributed by atoms with Gasteiger partial charge in [-0.25, -0.2) is 28.1 Å². The van der Waals surface area contributed by atoms with E-state index in [1.807, 2.05) is 96.1 Å². The van der Waals surface area contributed by atoms with Gasteiger partial charge in [0.1, 0.15) is 0 Å². The van der Waals surface area contributed by atoms with E-state index >= 15 is 0 Å². The summed E-state index contributed by atoms with van der Waals surface area (Å²) in [5.41, 5.74) is 4.08. The van der Waals surface area contributed by atoms with Crippen molar-refractivity contribution in [3.8, 4) is 17.1 Å². The van der Waals surface area contributed by atoms with E-state index in [0.29, 0.717) is 17.1 Å². The van der Waals surface area contributed by atoms with Crippen molar-refractivity contribution in [2.24, 2.45) is 0 Å². The fourth-order valence-corrected chi connectivity index (χ4v) is 4.59. The lowest BCUT2D eigenvalue weighted by Crippen LogP contribution is -2.53. The Kier molecular flexibility index (Phi) is 5.54. The summed E-state index contributed by atoms with van der Waals surface area (Å²) < 4.78 is 3.39. The van der Waals surface area contributed by atoms with Crippen LogP contribution in [-0.2, 0) is 0 Å². The molecule has 1 aromatic heterocycles. The maximum atomic E-state index is 13.9. The molecule has 0 aliphatic rings. The standard InChI is InChI=1S/C27H27N3O3/c1-16-10-7-11-17(2)22(16)28-25(31)29(23-18(3)12-8-13-19(23)4)27(33)30(26(28)32)24-20(5)14-9-15-21(24)6/h7-15H,1-6H3. The van der Waals surface area contributed by atoms with Crippen LogP contribution in [0.2, 0.25) is 0 Å². The highest BCUT2D eigenvalue weighted by Gasteiger charge is 2.24. The fourth-order valence-electron chi connectivity index (χ4n) is 4.59. The summed E-state index contributed by atoms with van der Waals surface area (Å²) in [5.74, 6) is 0. The Hall–Kier alpha value is -3.93. The number of aryl methyl sites for hydroxylation is 6. The van der Waals surface area contributed by atoms with Crippen LogP contribution in [0, 0.1) is 41.5 Å². The van der Waals surface area contributed by atoms with Gasteiger partial charge in [-0.1, -0.05) is 54.6 Å². The monoisotopic (exact) mass is 441 g/mol. The van der Waals surface area contributed by atoms with E-state index < -0.39 is 17.1 Å². The van der Waals surface area contributed by atoms with Gasteiger partial charge < -0.3 is 0 Å². The molecule has 0 N–H and O–H groups in total. The van der Waals surface area contributed by atoms with Crippen molar-refractivity contribution in [1.82, 2.24) is 13.7 Å².